The monoisotopic (exact) mass is 414 g/mol. The lowest BCUT2D eigenvalue weighted by molar-refractivity contribution is -0.0970. The molecule has 1 heterocycles. The number of piperazine rings is 1. The predicted octanol–water partition coefficient (Wildman–Crippen LogP) is 2.76. The molecule has 2 aromatic rings. The molecule has 30 heavy (non-hydrogen) atoms. The van der Waals surface area contributed by atoms with Gasteiger partial charge in [-0.25, -0.2) is 4.79 Å². The van der Waals surface area contributed by atoms with E-state index in [2.05, 4.69) is 32.6 Å². The maximum absolute atomic E-state index is 12.0. The third-order valence-corrected chi connectivity index (χ3v) is 5.16. The lowest BCUT2D eigenvalue weighted by atomic mass is 10.2. The fourth-order valence-electron chi connectivity index (χ4n) is 3.39. The first kappa shape index (κ1) is 21.7. The van der Waals surface area contributed by atoms with Crippen LogP contribution < -0.4 is 25.2 Å². The summed E-state index contributed by atoms with van der Waals surface area (Å²) in [4.78, 5) is 16.7. The van der Waals surface area contributed by atoms with Gasteiger partial charge < -0.3 is 34.6 Å². The molecule has 3 rings (SSSR count). The van der Waals surface area contributed by atoms with E-state index >= 15 is 0 Å². The summed E-state index contributed by atoms with van der Waals surface area (Å²) in [6.07, 6.45) is -0.463. The van der Waals surface area contributed by atoms with Gasteiger partial charge in [-0.3, -0.25) is 0 Å². The largest absolute Gasteiger partial charge is 0.497 e. The first-order valence-corrected chi connectivity index (χ1v) is 9.97. The lowest BCUT2D eigenvalue weighted by Crippen LogP contribution is -2.46. The lowest BCUT2D eigenvalue weighted by Gasteiger charge is -2.37. The van der Waals surface area contributed by atoms with Gasteiger partial charge in [-0.2, -0.15) is 0 Å². The van der Waals surface area contributed by atoms with Crippen molar-refractivity contribution >= 4 is 23.1 Å². The Hall–Kier alpha value is -2.97. The van der Waals surface area contributed by atoms with Crippen molar-refractivity contribution in [3.63, 3.8) is 0 Å². The van der Waals surface area contributed by atoms with E-state index < -0.39 is 6.29 Å². The quantitative estimate of drug-likeness (QED) is 0.647. The third-order valence-electron chi connectivity index (χ3n) is 5.16. The number of methoxy groups -OCH3 is 3. The van der Waals surface area contributed by atoms with Crippen LogP contribution in [0, 0.1) is 0 Å². The molecule has 2 amide bonds. The van der Waals surface area contributed by atoms with E-state index in [1.807, 2.05) is 36.4 Å². The first-order chi connectivity index (χ1) is 14.6. The second kappa shape index (κ2) is 10.7. The SMILES string of the molecule is COc1ccc(N2CCN(c3ccc(NC(=O)NCC(OC)OC)cc3)CC2)cc1. The topological polar surface area (TPSA) is 75.3 Å². The number of anilines is 3. The van der Waals surface area contributed by atoms with Gasteiger partial charge in [-0.05, 0) is 48.5 Å². The zero-order valence-electron chi connectivity index (χ0n) is 17.8. The van der Waals surface area contributed by atoms with Crippen LogP contribution in [-0.2, 0) is 9.47 Å². The van der Waals surface area contributed by atoms with E-state index in [9.17, 15) is 4.79 Å². The van der Waals surface area contributed by atoms with E-state index in [0.717, 1.165) is 43.3 Å². The van der Waals surface area contributed by atoms with Gasteiger partial charge in [0.05, 0.1) is 13.7 Å². The summed E-state index contributed by atoms with van der Waals surface area (Å²) in [6, 6.07) is 15.8. The molecule has 0 radical (unpaired) electrons. The summed E-state index contributed by atoms with van der Waals surface area (Å²) in [6.45, 7) is 4.06. The minimum absolute atomic E-state index is 0.273. The van der Waals surface area contributed by atoms with Gasteiger partial charge in [-0.15, -0.1) is 0 Å². The van der Waals surface area contributed by atoms with Crippen molar-refractivity contribution in [1.82, 2.24) is 5.32 Å². The average molecular weight is 415 g/mol. The average Bonchev–Trinajstić information content (AvgIpc) is 2.80. The van der Waals surface area contributed by atoms with E-state index in [1.54, 1.807) is 7.11 Å². The Morgan fingerprint density at radius 3 is 1.83 bits per heavy atom. The van der Waals surface area contributed by atoms with Crippen molar-refractivity contribution in [2.75, 3.05) is 69.2 Å². The van der Waals surface area contributed by atoms with Crippen LogP contribution in [0.1, 0.15) is 0 Å². The molecule has 0 saturated carbocycles. The molecule has 0 aromatic heterocycles. The van der Waals surface area contributed by atoms with E-state index in [-0.39, 0.29) is 12.6 Å². The fraction of sp³-hybridized carbons (Fsp3) is 0.409. The number of benzene rings is 2. The van der Waals surface area contributed by atoms with Crippen molar-refractivity contribution in [2.45, 2.75) is 6.29 Å². The van der Waals surface area contributed by atoms with Crippen LogP contribution in [0.15, 0.2) is 48.5 Å². The normalized spacial score (nSPS) is 14.0. The van der Waals surface area contributed by atoms with Gasteiger partial charge in [0.2, 0.25) is 0 Å². The Labute approximate surface area is 177 Å². The van der Waals surface area contributed by atoms with Crippen LogP contribution >= 0.6 is 0 Å². The molecular weight excluding hydrogens is 384 g/mol. The molecule has 1 aliphatic heterocycles. The molecule has 162 valence electrons. The number of carbonyl (C=O) groups excluding carboxylic acids is 1. The van der Waals surface area contributed by atoms with Crippen LogP contribution in [0.4, 0.5) is 21.9 Å². The Balaban J connectivity index is 1.47. The minimum atomic E-state index is -0.463. The van der Waals surface area contributed by atoms with Crippen molar-refractivity contribution in [1.29, 1.82) is 0 Å². The highest BCUT2D eigenvalue weighted by Gasteiger charge is 2.17. The van der Waals surface area contributed by atoms with Crippen LogP contribution in [0.5, 0.6) is 5.75 Å². The van der Waals surface area contributed by atoms with E-state index in [0.29, 0.717) is 0 Å². The van der Waals surface area contributed by atoms with Gasteiger partial charge in [-0.1, -0.05) is 0 Å². The summed E-state index contributed by atoms with van der Waals surface area (Å²) < 4.78 is 15.3. The molecule has 2 aromatic carbocycles. The standard InChI is InChI=1S/C22H30N4O4/c1-28-20-10-8-19(9-11-20)26-14-12-25(13-15-26)18-6-4-17(5-7-18)24-22(27)23-16-21(29-2)30-3/h4-11,21H,12-16H2,1-3H3,(H2,23,24,27). The maximum atomic E-state index is 12.0. The van der Waals surface area contributed by atoms with Gasteiger partial charge in [0, 0.05) is 57.5 Å². The molecule has 0 unspecified atom stereocenters. The van der Waals surface area contributed by atoms with E-state index in [4.69, 9.17) is 14.2 Å². The second-order valence-electron chi connectivity index (χ2n) is 6.95. The number of urea groups is 1. The highest BCUT2D eigenvalue weighted by atomic mass is 16.7. The predicted molar refractivity (Wildman–Crippen MR) is 119 cm³/mol. The van der Waals surface area contributed by atoms with Crippen molar-refractivity contribution < 1.29 is 19.0 Å². The number of carbonyl (C=O) groups is 1. The summed E-state index contributed by atoms with van der Waals surface area (Å²) in [5, 5.41) is 5.53. The molecule has 2 N–H and O–H groups in total. The number of rotatable bonds is 8. The molecule has 0 bridgehead atoms. The highest BCUT2D eigenvalue weighted by molar-refractivity contribution is 5.89. The van der Waals surface area contributed by atoms with E-state index in [1.165, 1.54) is 19.9 Å². The molecule has 1 aliphatic rings. The van der Waals surface area contributed by atoms with Gasteiger partial charge in [0.15, 0.2) is 6.29 Å². The van der Waals surface area contributed by atoms with Crippen molar-refractivity contribution in [2.24, 2.45) is 0 Å². The highest BCUT2D eigenvalue weighted by Crippen LogP contribution is 2.23. The Bertz CT molecular complexity index is 786. The van der Waals surface area contributed by atoms with Crippen LogP contribution in [0.3, 0.4) is 0 Å². The van der Waals surface area contributed by atoms with Crippen LogP contribution in [-0.4, -0.2) is 66.4 Å². The van der Waals surface area contributed by atoms with Gasteiger partial charge in [0.25, 0.3) is 0 Å². The molecule has 1 fully saturated rings. The zero-order chi connectivity index (χ0) is 21.3. The fourth-order valence-corrected chi connectivity index (χ4v) is 3.39. The number of hydrogen-bond donors (Lipinski definition) is 2. The molecular formula is C22H30N4O4. The molecule has 1 saturated heterocycles. The second-order valence-corrected chi connectivity index (χ2v) is 6.95. The van der Waals surface area contributed by atoms with Crippen LogP contribution in [0.25, 0.3) is 0 Å². The summed E-state index contributed by atoms with van der Waals surface area (Å²) in [7, 11) is 4.74. The summed E-state index contributed by atoms with van der Waals surface area (Å²) in [5.41, 5.74) is 3.10. The number of amides is 2. The number of ether oxygens (including phenoxy) is 3. The molecule has 8 heteroatoms. The summed E-state index contributed by atoms with van der Waals surface area (Å²) >= 11 is 0. The van der Waals surface area contributed by atoms with Gasteiger partial charge in [0.1, 0.15) is 5.75 Å². The molecule has 0 aliphatic carbocycles. The Kier molecular flexibility index (Phi) is 7.75. The summed E-state index contributed by atoms with van der Waals surface area (Å²) in [5.74, 6) is 0.872. The Morgan fingerprint density at radius 1 is 0.867 bits per heavy atom. The van der Waals surface area contributed by atoms with Gasteiger partial charge >= 0.3 is 6.03 Å². The molecule has 0 spiro atoms. The smallest absolute Gasteiger partial charge is 0.319 e. The number of nitrogens with one attached hydrogen (secondary N) is 2. The minimum Gasteiger partial charge on any atom is -0.497 e. The number of hydrogen-bond acceptors (Lipinski definition) is 6. The van der Waals surface area contributed by atoms with Crippen molar-refractivity contribution in [3.8, 4) is 5.75 Å². The zero-order valence-corrected chi connectivity index (χ0v) is 17.8. The maximum Gasteiger partial charge on any atom is 0.319 e. The van der Waals surface area contributed by atoms with Crippen LogP contribution in [0.2, 0.25) is 0 Å². The molecule has 8 nitrogen and oxygen atoms in total. The third kappa shape index (κ3) is 5.77. The number of nitrogens with zero attached hydrogens (tertiary/aromatic N) is 2. The first-order valence-electron chi connectivity index (χ1n) is 9.97. The van der Waals surface area contributed by atoms with Crippen molar-refractivity contribution in [3.05, 3.63) is 48.5 Å². The Morgan fingerprint density at radius 2 is 1.37 bits per heavy atom. The molecule has 0 atom stereocenters.